The number of hydrazone groups is 1. The van der Waals surface area contributed by atoms with Gasteiger partial charge in [-0.1, -0.05) is 12.1 Å². The van der Waals surface area contributed by atoms with Crippen molar-refractivity contribution in [2.75, 3.05) is 5.43 Å². The summed E-state index contributed by atoms with van der Waals surface area (Å²) in [5.41, 5.74) is 5.20. The topological polar surface area (TPSA) is 49.5 Å². The first-order valence-corrected chi connectivity index (χ1v) is 6.47. The van der Waals surface area contributed by atoms with Gasteiger partial charge in [0.25, 0.3) is 0 Å². The zero-order valence-corrected chi connectivity index (χ0v) is 11.4. The summed E-state index contributed by atoms with van der Waals surface area (Å²) in [6.07, 6.45) is 3.56. The summed E-state index contributed by atoms with van der Waals surface area (Å²) in [6, 6.07) is 11.3. The van der Waals surface area contributed by atoms with Gasteiger partial charge in [-0.25, -0.2) is 4.39 Å². The predicted octanol–water partition coefficient (Wildman–Crippen LogP) is 3.47. The minimum Gasteiger partial charge on any atom is -0.506 e. The number of benzene rings is 2. The SMILES string of the molecule is Cn1cc(/C=N/Nc2ccc(F)cc2)c2cccc(O)c21. The van der Waals surface area contributed by atoms with Gasteiger partial charge in [-0.2, -0.15) is 5.10 Å². The molecule has 0 spiro atoms. The number of phenolic OH excluding ortho intramolecular Hbond substituents is 1. The summed E-state index contributed by atoms with van der Waals surface area (Å²) in [5, 5.41) is 14.9. The van der Waals surface area contributed by atoms with E-state index in [0.717, 1.165) is 16.5 Å². The molecule has 1 heterocycles. The molecule has 0 aliphatic heterocycles. The highest BCUT2D eigenvalue weighted by atomic mass is 19.1. The number of anilines is 1. The lowest BCUT2D eigenvalue weighted by Crippen LogP contribution is -1.90. The largest absolute Gasteiger partial charge is 0.506 e. The van der Waals surface area contributed by atoms with Gasteiger partial charge in [-0.15, -0.1) is 0 Å². The van der Waals surface area contributed by atoms with Crippen LogP contribution in [0.25, 0.3) is 10.9 Å². The Bertz CT molecular complexity index is 806. The van der Waals surface area contributed by atoms with Crippen LogP contribution in [0.1, 0.15) is 5.56 Å². The van der Waals surface area contributed by atoms with Crippen LogP contribution in [0.15, 0.2) is 53.8 Å². The molecule has 0 saturated heterocycles. The summed E-state index contributed by atoms with van der Waals surface area (Å²) in [4.78, 5) is 0. The Kier molecular flexibility index (Phi) is 3.31. The zero-order valence-electron chi connectivity index (χ0n) is 11.4. The second kappa shape index (κ2) is 5.28. The van der Waals surface area contributed by atoms with E-state index < -0.39 is 0 Å². The molecule has 21 heavy (non-hydrogen) atoms. The molecule has 0 atom stereocenters. The van der Waals surface area contributed by atoms with E-state index in [1.807, 2.05) is 23.9 Å². The molecular weight excluding hydrogens is 269 g/mol. The van der Waals surface area contributed by atoms with Crippen LogP contribution in [-0.4, -0.2) is 15.9 Å². The molecule has 0 amide bonds. The molecule has 0 unspecified atom stereocenters. The Morgan fingerprint density at radius 2 is 1.95 bits per heavy atom. The first-order valence-electron chi connectivity index (χ1n) is 6.47. The number of aromatic hydroxyl groups is 1. The predicted molar refractivity (Wildman–Crippen MR) is 82.2 cm³/mol. The molecule has 0 aliphatic carbocycles. The fraction of sp³-hybridized carbons (Fsp3) is 0.0625. The molecule has 2 aromatic carbocycles. The van der Waals surface area contributed by atoms with Crippen molar-refractivity contribution in [3.8, 4) is 5.75 Å². The van der Waals surface area contributed by atoms with Crippen molar-refractivity contribution in [1.82, 2.24) is 4.57 Å². The minimum absolute atomic E-state index is 0.237. The van der Waals surface area contributed by atoms with Crippen LogP contribution in [0.5, 0.6) is 5.75 Å². The molecule has 0 fully saturated rings. The third kappa shape index (κ3) is 2.58. The lowest BCUT2D eigenvalue weighted by molar-refractivity contribution is 0.479. The molecule has 2 N–H and O–H groups in total. The van der Waals surface area contributed by atoms with Crippen LogP contribution >= 0.6 is 0 Å². The molecule has 0 aliphatic rings. The number of hydrogen-bond acceptors (Lipinski definition) is 3. The van der Waals surface area contributed by atoms with Gasteiger partial charge >= 0.3 is 0 Å². The van der Waals surface area contributed by atoms with Gasteiger partial charge in [0.2, 0.25) is 0 Å². The highest BCUT2D eigenvalue weighted by molar-refractivity contribution is 6.01. The van der Waals surface area contributed by atoms with E-state index in [2.05, 4.69) is 10.5 Å². The van der Waals surface area contributed by atoms with Crippen molar-refractivity contribution in [1.29, 1.82) is 0 Å². The van der Waals surface area contributed by atoms with Crippen LogP contribution in [0.4, 0.5) is 10.1 Å². The van der Waals surface area contributed by atoms with E-state index in [-0.39, 0.29) is 11.6 Å². The van der Waals surface area contributed by atoms with E-state index in [1.165, 1.54) is 12.1 Å². The van der Waals surface area contributed by atoms with Gasteiger partial charge in [0.15, 0.2) is 0 Å². The van der Waals surface area contributed by atoms with Crippen molar-refractivity contribution in [3.05, 3.63) is 60.0 Å². The zero-order chi connectivity index (χ0) is 14.8. The number of nitrogens with zero attached hydrogens (tertiary/aromatic N) is 2. The summed E-state index contributed by atoms with van der Waals surface area (Å²) < 4.78 is 14.6. The van der Waals surface area contributed by atoms with Crippen molar-refractivity contribution in [2.24, 2.45) is 12.1 Å². The third-order valence-electron chi connectivity index (χ3n) is 3.25. The molecule has 0 bridgehead atoms. The summed E-state index contributed by atoms with van der Waals surface area (Å²) in [7, 11) is 1.87. The number of aromatic nitrogens is 1. The molecule has 1 aromatic heterocycles. The van der Waals surface area contributed by atoms with Crippen LogP contribution in [0.3, 0.4) is 0 Å². The normalized spacial score (nSPS) is 11.3. The molecule has 0 saturated carbocycles. The first-order chi connectivity index (χ1) is 10.1. The van der Waals surface area contributed by atoms with Crippen molar-refractivity contribution in [2.45, 2.75) is 0 Å². The van der Waals surface area contributed by atoms with Crippen molar-refractivity contribution >= 4 is 22.8 Å². The van der Waals surface area contributed by atoms with E-state index in [9.17, 15) is 9.50 Å². The summed E-state index contributed by atoms with van der Waals surface area (Å²) in [5.74, 6) is -0.0461. The Morgan fingerprint density at radius 1 is 1.19 bits per heavy atom. The molecule has 5 heteroatoms. The Balaban J connectivity index is 1.86. The number of para-hydroxylation sites is 1. The van der Waals surface area contributed by atoms with Crippen LogP contribution in [0.2, 0.25) is 0 Å². The lowest BCUT2D eigenvalue weighted by atomic mass is 10.2. The first kappa shape index (κ1) is 13.2. The Hall–Kier alpha value is -2.82. The smallest absolute Gasteiger partial charge is 0.139 e. The van der Waals surface area contributed by atoms with E-state index in [0.29, 0.717) is 5.69 Å². The van der Waals surface area contributed by atoms with Crippen LogP contribution < -0.4 is 5.43 Å². The van der Waals surface area contributed by atoms with Crippen LogP contribution in [0, 0.1) is 5.82 Å². The number of nitrogens with one attached hydrogen (secondary N) is 1. The number of aryl methyl sites for hydroxylation is 1. The van der Waals surface area contributed by atoms with E-state index >= 15 is 0 Å². The van der Waals surface area contributed by atoms with Gasteiger partial charge in [0, 0.05) is 24.2 Å². The second-order valence-electron chi connectivity index (χ2n) is 4.75. The number of halogens is 1. The fourth-order valence-corrected chi connectivity index (χ4v) is 2.28. The minimum atomic E-state index is -0.283. The lowest BCUT2D eigenvalue weighted by Gasteiger charge is -1.99. The Morgan fingerprint density at radius 3 is 2.71 bits per heavy atom. The molecule has 106 valence electrons. The maximum atomic E-state index is 12.8. The monoisotopic (exact) mass is 283 g/mol. The van der Waals surface area contributed by atoms with Gasteiger partial charge < -0.3 is 9.67 Å². The van der Waals surface area contributed by atoms with Crippen molar-refractivity contribution < 1.29 is 9.50 Å². The summed E-state index contributed by atoms with van der Waals surface area (Å²) in [6.45, 7) is 0. The quantitative estimate of drug-likeness (QED) is 0.571. The Labute approximate surface area is 121 Å². The number of fused-ring (bicyclic) bond motifs is 1. The number of phenols is 1. The van der Waals surface area contributed by atoms with Crippen LogP contribution in [-0.2, 0) is 7.05 Å². The maximum absolute atomic E-state index is 12.8. The molecule has 0 radical (unpaired) electrons. The van der Waals surface area contributed by atoms with Gasteiger partial charge in [0.05, 0.1) is 17.4 Å². The highest BCUT2D eigenvalue weighted by Crippen LogP contribution is 2.27. The van der Waals surface area contributed by atoms with Gasteiger partial charge in [-0.05, 0) is 30.3 Å². The summed E-state index contributed by atoms with van der Waals surface area (Å²) >= 11 is 0. The molecular formula is C16H14FN3O. The third-order valence-corrected chi connectivity index (χ3v) is 3.25. The van der Waals surface area contributed by atoms with E-state index in [4.69, 9.17) is 0 Å². The van der Waals surface area contributed by atoms with E-state index in [1.54, 1.807) is 30.5 Å². The van der Waals surface area contributed by atoms with Gasteiger partial charge in [-0.3, -0.25) is 5.43 Å². The standard InChI is InChI=1S/C16H14FN3O/c1-20-10-11(14-3-2-4-15(21)16(14)20)9-18-19-13-7-5-12(17)6-8-13/h2-10,19,21H,1H3/b18-9+. The average molecular weight is 283 g/mol. The maximum Gasteiger partial charge on any atom is 0.139 e. The molecule has 3 aromatic rings. The fourth-order valence-electron chi connectivity index (χ4n) is 2.28. The number of hydrogen-bond donors (Lipinski definition) is 2. The molecule has 4 nitrogen and oxygen atoms in total. The highest BCUT2D eigenvalue weighted by Gasteiger charge is 2.07. The van der Waals surface area contributed by atoms with Gasteiger partial charge in [0.1, 0.15) is 11.6 Å². The number of rotatable bonds is 3. The van der Waals surface area contributed by atoms with Crippen molar-refractivity contribution in [3.63, 3.8) is 0 Å². The average Bonchev–Trinajstić information content (AvgIpc) is 2.79. The second-order valence-corrected chi connectivity index (χ2v) is 4.75. The molecule has 3 rings (SSSR count).